The summed E-state index contributed by atoms with van der Waals surface area (Å²) < 4.78 is 0. The molecule has 1 saturated heterocycles. The van der Waals surface area contributed by atoms with Gasteiger partial charge in [0, 0.05) is 19.0 Å². The first kappa shape index (κ1) is 14.0. The van der Waals surface area contributed by atoms with Crippen molar-refractivity contribution >= 4 is 38.7 Å². The van der Waals surface area contributed by atoms with Crippen molar-refractivity contribution in [3.63, 3.8) is 0 Å². The van der Waals surface area contributed by atoms with E-state index >= 15 is 0 Å². The van der Waals surface area contributed by atoms with Crippen molar-refractivity contribution in [1.82, 2.24) is 20.2 Å². The Bertz CT molecular complexity index is 773. The van der Waals surface area contributed by atoms with Crippen LogP contribution in [0, 0.1) is 0 Å². The Hall–Kier alpha value is -1.60. The van der Waals surface area contributed by atoms with Gasteiger partial charge in [0.1, 0.15) is 27.0 Å². The summed E-state index contributed by atoms with van der Waals surface area (Å²) in [4.78, 5) is 12.3. The van der Waals surface area contributed by atoms with Crippen molar-refractivity contribution in [2.24, 2.45) is 0 Å². The zero-order valence-electron chi connectivity index (χ0n) is 12.4. The molecule has 0 radical (unpaired) electrons. The fourth-order valence-electron chi connectivity index (χ4n) is 2.94. The van der Waals surface area contributed by atoms with Gasteiger partial charge in [0.15, 0.2) is 0 Å². The van der Waals surface area contributed by atoms with Crippen LogP contribution in [-0.2, 0) is 6.42 Å². The van der Waals surface area contributed by atoms with E-state index < -0.39 is 0 Å². The molecule has 1 aliphatic rings. The van der Waals surface area contributed by atoms with Gasteiger partial charge in [-0.1, -0.05) is 6.92 Å². The van der Waals surface area contributed by atoms with Crippen molar-refractivity contribution in [1.29, 1.82) is 0 Å². The average molecular weight is 331 g/mol. The normalized spacial score (nSPS) is 16.5. The maximum atomic E-state index is 4.51. The van der Waals surface area contributed by atoms with E-state index in [-0.39, 0.29) is 0 Å². The molecule has 0 bridgehead atoms. The quantitative estimate of drug-likeness (QED) is 0.735. The summed E-state index contributed by atoms with van der Waals surface area (Å²) in [7, 11) is 0. The van der Waals surface area contributed by atoms with Gasteiger partial charge < -0.3 is 4.90 Å². The van der Waals surface area contributed by atoms with Crippen LogP contribution in [0.1, 0.15) is 35.7 Å². The second-order valence-electron chi connectivity index (χ2n) is 5.49. The lowest BCUT2D eigenvalue weighted by atomic mass is 9.97. The third-order valence-corrected chi connectivity index (χ3v) is 6.22. The largest absolute Gasteiger partial charge is 0.356 e. The van der Waals surface area contributed by atoms with Gasteiger partial charge in [-0.25, -0.2) is 9.97 Å². The highest BCUT2D eigenvalue weighted by atomic mass is 32.1. The molecule has 0 atom stereocenters. The summed E-state index contributed by atoms with van der Waals surface area (Å²) in [6, 6.07) is 2.12. The number of thiophene rings is 1. The Labute approximate surface area is 137 Å². The topological polar surface area (TPSA) is 54.8 Å². The summed E-state index contributed by atoms with van der Waals surface area (Å²) in [5, 5.41) is 14.3. The number of aromatic nitrogens is 4. The zero-order chi connectivity index (χ0) is 14.9. The first-order valence-electron chi connectivity index (χ1n) is 7.60. The number of hydrogen-bond acceptors (Lipinski definition) is 7. The van der Waals surface area contributed by atoms with Gasteiger partial charge in [-0.05, 0) is 30.7 Å². The Morgan fingerprint density at radius 2 is 2.09 bits per heavy atom. The SMILES string of the molecule is CCc1nnc(C2CCN(c3ncnc4sccc34)CC2)s1. The Morgan fingerprint density at radius 3 is 2.86 bits per heavy atom. The van der Waals surface area contributed by atoms with E-state index in [4.69, 9.17) is 0 Å². The lowest BCUT2D eigenvalue weighted by Crippen LogP contribution is -2.33. The molecule has 0 unspecified atom stereocenters. The molecule has 0 saturated carbocycles. The zero-order valence-corrected chi connectivity index (χ0v) is 14.0. The van der Waals surface area contributed by atoms with Crippen LogP contribution in [0.15, 0.2) is 17.8 Å². The van der Waals surface area contributed by atoms with Crippen molar-refractivity contribution < 1.29 is 0 Å². The first-order valence-corrected chi connectivity index (χ1v) is 9.30. The van der Waals surface area contributed by atoms with Gasteiger partial charge in [0.2, 0.25) is 0 Å². The molecule has 1 aliphatic heterocycles. The van der Waals surface area contributed by atoms with Gasteiger partial charge in [0.05, 0.1) is 5.39 Å². The predicted molar refractivity (Wildman–Crippen MR) is 90.9 cm³/mol. The van der Waals surface area contributed by atoms with E-state index in [1.807, 2.05) is 0 Å². The van der Waals surface area contributed by atoms with E-state index in [0.29, 0.717) is 5.92 Å². The van der Waals surface area contributed by atoms with Crippen molar-refractivity contribution in [2.75, 3.05) is 18.0 Å². The minimum absolute atomic E-state index is 0.550. The van der Waals surface area contributed by atoms with E-state index in [1.54, 1.807) is 29.0 Å². The number of anilines is 1. The lowest BCUT2D eigenvalue weighted by molar-refractivity contribution is 0.499. The number of piperidine rings is 1. The molecule has 22 heavy (non-hydrogen) atoms. The van der Waals surface area contributed by atoms with Gasteiger partial charge in [-0.2, -0.15) is 0 Å². The minimum atomic E-state index is 0.550. The molecule has 4 heterocycles. The van der Waals surface area contributed by atoms with Crippen molar-refractivity contribution in [3.8, 4) is 0 Å². The maximum absolute atomic E-state index is 4.51. The van der Waals surface area contributed by atoms with E-state index in [2.05, 4.69) is 43.4 Å². The van der Waals surface area contributed by atoms with Crippen LogP contribution in [0.3, 0.4) is 0 Å². The Morgan fingerprint density at radius 1 is 1.23 bits per heavy atom. The van der Waals surface area contributed by atoms with Crippen LogP contribution in [0.2, 0.25) is 0 Å². The van der Waals surface area contributed by atoms with Gasteiger partial charge in [-0.3, -0.25) is 0 Å². The van der Waals surface area contributed by atoms with E-state index in [1.165, 1.54) is 10.4 Å². The predicted octanol–water partition coefficient (Wildman–Crippen LogP) is 3.49. The van der Waals surface area contributed by atoms with E-state index in [0.717, 1.165) is 48.0 Å². The number of fused-ring (bicyclic) bond motifs is 1. The number of nitrogens with zero attached hydrogens (tertiary/aromatic N) is 5. The highest BCUT2D eigenvalue weighted by molar-refractivity contribution is 7.16. The monoisotopic (exact) mass is 331 g/mol. The van der Waals surface area contributed by atoms with Crippen LogP contribution in [0.5, 0.6) is 0 Å². The van der Waals surface area contributed by atoms with Crippen LogP contribution in [0.4, 0.5) is 5.82 Å². The molecule has 7 heteroatoms. The highest BCUT2D eigenvalue weighted by Gasteiger charge is 2.25. The molecule has 3 aromatic rings. The molecular weight excluding hydrogens is 314 g/mol. The van der Waals surface area contributed by atoms with Crippen LogP contribution in [-0.4, -0.2) is 33.3 Å². The summed E-state index contributed by atoms with van der Waals surface area (Å²) in [6.45, 7) is 4.18. The van der Waals surface area contributed by atoms with Crippen molar-refractivity contribution in [3.05, 3.63) is 27.8 Å². The number of hydrogen-bond donors (Lipinski definition) is 0. The summed E-state index contributed by atoms with van der Waals surface area (Å²) in [5.74, 6) is 1.63. The van der Waals surface area contributed by atoms with Crippen molar-refractivity contribution in [2.45, 2.75) is 32.1 Å². The van der Waals surface area contributed by atoms with Gasteiger partial charge >= 0.3 is 0 Å². The molecule has 4 rings (SSSR count). The Kier molecular flexibility index (Phi) is 3.75. The van der Waals surface area contributed by atoms with Gasteiger partial charge in [-0.15, -0.1) is 32.9 Å². The molecule has 0 aliphatic carbocycles. The average Bonchev–Trinajstić information content (AvgIpc) is 3.23. The second kappa shape index (κ2) is 5.89. The molecule has 5 nitrogen and oxygen atoms in total. The molecule has 3 aromatic heterocycles. The first-order chi connectivity index (χ1) is 10.8. The fraction of sp³-hybridized carbons (Fsp3) is 0.467. The summed E-state index contributed by atoms with van der Waals surface area (Å²) >= 11 is 3.45. The van der Waals surface area contributed by atoms with Gasteiger partial charge in [0.25, 0.3) is 0 Å². The molecular formula is C15H17N5S2. The molecule has 0 amide bonds. The van der Waals surface area contributed by atoms with Crippen LogP contribution in [0.25, 0.3) is 10.2 Å². The minimum Gasteiger partial charge on any atom is -0.356 e. The lowest BCUT2D eigenvalue weighted by Gasteiger charge is -2.32. The van der Waals surface area contributed by atoms with E-state index in [9.17, 15) is 0 Å². The highest BCUT2D eigenvalue weighted by Crippen LogP contribution is 2.34. The summed E-state index contributed by atoms with van der Waals surface area (Å²) in [5.41, 5.74) is 0. The smallest absolute Gasteiger partial charge is 0.140 e. The molecule has 0 N–H and O–H groups in total. The maximum Gasteiger partial charge on any atom is 0.140 e. The van der Waals surface area contributed by atoms with Crippen LogP contribution < -0.4 is 4.90 Å². The fourth-order valence-corrected chi connectivity index (χ4v) is 4.62. The Balaban J connectivity index is 1.51. The van der Waals surface area contributed by atoms with Crippen LogP contribution >= 0.6 is 22.7 Å². The standard InChI is InChI=1S/C15H17N5S2/c1-2-12-18-19-14(22-12)10-3-6-20(7-4-10)13-11-5-8-21-15(11)17-9-16-13/h5,8-10H,2-4,6-7H2,1H3. The molecule has 114 valence electrons. The summed E-state index contributed by atoms with van der Waals surface area (Å²) in [6.07, 6.45) is 4.90. The molecule has 0 spiro atoms. The molecule has 1 fully saturated rings. The third kappa shape index (κ3) is 2.48. The molecule has 0 aromatic carbocycles. The number of aryl methyl sites for hydroxylation is 1. The second-order valence-corrected chi connectivity index (χ2v) is 7.47. The number of rotatable bonds is 3. The third-order valence-electron chi connectivity index (χ3n) is 4.17.